The predicted molar refractivity (Wildman–Crippen MR) is 166 cm³/mol. The van der Waals surface area contributed by atoms with Crippen molar-refractivity contribution in [2.75, 3.05) is 54.9 Å². The molecule has 4 aromatic rings. The lowest BCUT2D eigenvalue weighted by atomic mass is 10.0. The second-order valence-electron chi connectivity index (χ2n) is 10.8. The number of para-hydroxylation sites is 1. The number of halogens is 1. The Kier molecular flexibility index (Phi) is 8.04. The summed E-state index contributed by atoms with van der Waals surface area (Å²) in [5.41, 5.74) is 8.69. The number of nitrogens with one attached hydrogen (secondary N) is 1. The van der Waals surface area contributed by atoms with Crippen molar-refractivity contribution >= 4 is 35.0 Å². The zero-order chi connectivity index (χ0) is 30.1. The molecule has 0 bridgehead atoms. The van der Waals surface area contributed by atoms with Crippen LogP contribution in [0.15, 0.2) is 53.6 Å². The van der Waals surface area contributed by atoms with Crippen LogP contribution in [0.5, 0.6) is 0 Å². The average molecular weight is 604 g/mol. The molecule has 2 aliphatic heterocycles. The van der Waals surface area contributed by atoms with E-state index in [4.69, 9.17) is 27.1 Å². The summed E-state index contributed by atoms with van der Waals surface area (Å²) in [5, 5.41) is 3.50. The summed E-state index contributed by atoms with van der Waals surface area (Å²) in [7, 11) is 1.74. The third kappa shape index (κ3) is 5.67. The molecule has 0 aliphatic carbocycles. The molecule has 1 amide bonds. The molecule has 2 aliphatic rings. The number of carbonyl (C=O) groups is 1. The quantitative estimate of drug-likeness (QED) is 0.341. The molecule has 0 unspecified atom stereocenters. The number of hydrogen-bond donors (Lipinski definition) is 2. The lowest BCUT2D eigenvalue weighted by Gasteiger charge is -2.33. The third-order valence-electron chi connectivity index (χ3n) is 8.15. The topological polar surface area (TPSA) is 136 Å². The van der Waals surface area contributed by atoms with E-state index in [2.05, 4.69) is 25.1 Å². The summed E-state index contributed by atoms with van der Waals surface area (Å²) in [4.78, 5) is 44.8. The second kappa shape index (κ2) is 12.1. The highest BCUT2D eigenvalue weighted by molar-refractivity contribution is 6.32. The van der Waals surface area contributed by atoms with E-state index in [-0.39, 0.29) is 11.6 Å². The Labute approximate surface area is 254 Å². The SMILES string of the molecule is Cc1c(C(=O)NC2CCN(c3nc(-c4ccnc(N5CCOCC5)c4)cnc3N)CC2)c(=O)n(-c2ccccc2Cl)n1C. The number of nitrogen functional groups attached to an aromatic ring is 1. The van der Waals surface area contributed by atoms with E-state index in [1.807, 2.05) is 12.1 Å². The first-order valence-corrected chi connectivity index (χ1v) is 14.7. The molecule has 1 aromatic carbocycles. The van der Waals surface area contributed by atoms with Crippen molar-refractivity contribution in [2.45, 2.75) is 25.8 Å². The van der Waals surface area contributed by atoms with Crippen LogP contribution in [0.3, 0.4) is 0 Å². The van der Waals surface area contributed by atoms with Gasteiger partial charge in [0.2, 0.25) is 0 Å². The zero-order valence-electron chi connectivity index (χ0n) is 24.2. The molecule has 0 saturated carbocycles. The summed E-state index contributed by atoms with van der Waals surface area (Å²) in [6.45, 7) is 5.96. The normalized spacial score (nSPS) is 16.0. The molecule has 224 valence electrons. The third-order valence-corrected chi connectivity index (χ3v) is 8.47. The van der Waals surface area contributed by atoms with Crippen molar-refractivity contribution in [3.8, 4) is 16.9 Å². The molecule has 43 heavy (non-hydrogen) atoms. The van der Waals surface area contributed by atoms with Gasteiger partial charge in [-0.05, 0) is 44.0 Å². The number of rotatable bonds is 6. The molecule has 6 rings (SSSR count). The monoisotopic (exact) mass is 603 g/mol. The van der Waals surface area contributed by atoms with Gasteiger partial charge in [0.25, 0.3) is 11.5 Å². The number of morpholine rings is 1. The highest BCUT2D eigenvalue weighted by atomic mass is 35.5. The Morgan fingerprint density at radius 2 is 1.81 bits per heavy atom. The van der Waals surface area contributed by atoms with Crippen LogP contribution in [-0.2, 0) is 11.8 Å². The number of amides is 1. The molecular formula is C30H34ClN9O3. The van der Waals surface area contributed by atoms with Crippen molar-refractivity contribution in [1.29, 1.82) is 0 Å². The van der Waals surface area contributed by atoms with E-state index in [0.717, 1.165) is 24.5 Å². The van der Waals surface area contributed by atoms with Gasteiger partial charge in [-0.2, -0.15) is 0 Å². The summed E-state index contributed by atoms with van der Waals surface area (Å²) < 4.78 is 8.55. The fraction of sp³-hybridized carbons (Fsp3) is 0.367. The van der Waals surface area contributed by atoms with E-state index >= 15 is 0 Å². The number of benzene rings is 1. The fourth-order valence-corrected chi connectivity index (χ4v) is 5.88. The lowest BCUT2D eigenvalue weighted by Crippen LogP contribution is -2.46. The van der Waals surface area contributed by atoms with Gasteiger partial charge in [0.1, 0.15) is 11.4 Å². The average Bonchev–Trinajstić information content (AvgIpc) is 3.25. The first-order chi connectivity index (χ1) is 20.8. The number of pyridine rings is 1. The van der Waals surface area contributed by atoms with Crippen LogP contribution < -0.4 is 26.4 Å². The second-order valence-corrected chi connectivity index (χ2v) is 11.2. The first-order valence-electron chi connectivity index (χ1n) is 14.3. The molecule has 2 fully saturated rings. The van der Waals surface area contributed by atoms with Crippen molar-refractivity contribution in [3.63, 3.8) is 0 Å². The molecule has 13 heteroatoms. The Hall–Kier alpha value is -4.42. The van der Waals surface area contributed by atoms with Crippen molar-refractivity contribution in [1.82, 2.24) is 29.6 Å². The molecule has 0 atom stereocenters. The standard InChI is InChI=1S/C30H34ClN9O3/c1-19-26(30(42)40(37(19)2)24-6-4-3-5-22(24)31)29(41)35-21-8-11-39(12-9-21)28-27(32)34-18-23(36-28)20-7-10-33-25(17-20)38-13-15-43-16-14-38/h3-7,10,17-18,21H,8-9,11-16H2,1-2H3,(H2,32,34)(H,35,41). The van der Waals surface area contributed by atoms with Crippen molar-refractivity contribution in [3.05, 3.63) is 75.4 Å². The molecule has 2 saturated heterocycles. The molecule has 0 spiro atoms. The van der Waals surface area contributed by atoms with Gasteiger partial charge in [0.05, 0.1) is 41.5 Å². The van der Waals surface area contributed by atoms with Crippen LogP contribution in [0.25, 0.3) is 16.9 Å². The van der Waals surface area contributed by atoms with Gasteiger partial charge >= 0.3 is 0 Å². The number of piperidine rings is 1. The number of hydrogen-bond acceptors (Lipinski definition) is 9. The van der Waals surface area contributed by atoms with Gasteiger partial charge in [-0.25, -0.2) is 19.6 Å². The number of ether oxygens (including phenoxy) is 1. The van der Waals surface area contributed by atoms with Crippen LogP contribution in [0.2, 0.25) is 5.02 Å². The number of nitrogens with two attached hydrogens (primary N) is 1. The Balaban J connectivity index is 1.14. The van der Waals surface area contributed by atoms with E-state index < -0.39 is 11.5 Å². The maximum Gasteiger partial charge on any atom is 0.284 e. The van der Waals surface area contributed by atoms with Gasteiger partial charge in [0, 0.05) is 51.0 Å². The minimum Gasteiger partial charge on any atom is -0.381 e. The Morgan fingerprint density at radius 1 is 1.07 bits per heavy atom. The number of anilines is 3. The number of nitrogens with zero attached hydrogens (tertiary/aromatic N) is 7. The Bertz CT molecular complexity index is 1710. The van der Waals surface area contributed by atoms with Gasteiger partial charge in [-0.3, -0.25) is 14.3 Å². The fourth-order valence-electron chi connectivity index (χ4n) is 5.66. The summed E-state index contributed by atoms with van der Waals surface area (Å²) in [6.07, 6.45) is 4.79. The van der Waals surface area contributed by atoms with Crippen LogP contribution in [0, 0.1) is 6.92 Å². The predicted octanol–water partition coefficient (Wildman–Crippen LogP) is 2.81. The van der Waals surface area contributed by atoms with Gasteiger partial charge in [-0.1, -0.05) is 23.7 Å². The van der Waals surface area contributed by atoms with Gasteiger partial charge < -0.3 is 25.6 Å². The molecule has 3 N–H and O–H groups in total. The van der Waals surface area contributed by atoms with E-state index in [1.54, 1.807) is 55.3 Å². The minimum absolute atomic E-state index is 0.106. The van der Waals surface area contributed by atoms with Gasteiger partial charge in [-0.15, -0.1) is 0 Å². The maximum atomic E-state index is 13.4. The molecular weight excluding hydrogens is 570 g/mol. The maximum absolute atomic E-state index is 13.4. The van der Waals surface area contributed by atoms with Crippen molar-refractivity contribution in [2.24, 2.45) is 7.05 Å². The molecule has 0 radical (unpaired) electrons. The van der Waals surface area contributed by atoms with Crippen LogP contribution in [0.4, 0.5) is 17.5 Å². The largest absolute Gasteiger partial charge is 0.381 e. The Morgan fingerprint density at radius 3 is 2.56 bits per heavy atom. The van der Waals surface area contributed by atoms with Gasteiger partial charge in [0.15, 0.2) is 11.6 Å². The molecule has 12 nitrogen and oxygen atoms in total. The summed E-state index contributed by atoms with van der Waals surface area (Å²) in [5.74, 6) is 1.46. The number of carbonyl (C=O) groups excluding carboxylic acids is 1. The summed E-state index contributed by atoms with van der Waals surface area (Å²) in [6, 6.07) is 10.9. The van der Waals surface area contributed by atoms with Crippen LogP contribution in [-0.4, -0.2) is 75.7 Å². The zero-order valence-corrected chi connectivity index (χ0v) is 24.9. The molecule has 3 aromatic heterocycles. The highest BCUT2D eigenvalue weighted by Gasteiger charge is 2.28. The first kappa shape index (κ1) is 28.7. The number of aromatic nitrogens is 5. The highest BCUT2D eigenvalue weighted by Crippen LogP contribution is 2.28. The summed E-state index contributed by atoms with van der Waals surface area (Å²) >= 11 is 6.35. The smallest absolute Gasteiger partial charge is 0.284 e. The van der Waals surface area contributed by atoms with E-state index in [0.29, 0.717) is 72.9 Å². The lowest BCUT2D eigenvalue weighted by molar-refractivity contribution is 0.0929. The molecule has 5 heterocycles. The van der Waals surface area contributed by atoms with E-state index in [9.17, 15) is 9.59 Å². The van der Waals surface area contributed by atoms with E-state index in [1.165, 1.54) is 4.68 Å². The minimum atomic E-state index is -0.407. The van der Waals surface area contributed by atoms with Crippen LogP contribution in [0.1, 0.15) is 28.9 Å². The van der Waals surface area contributed by atoms with Crippen molar-refractivity contribution < 1.29 is 9.53 Å². The van der Waals surface area contributed by atoms with Crippen LogP contribution >= 0.6 is 11.6 Å².